The molecule has 0 fully saturated rings. The molecule has 0 radical (unpaired) electrons. The third-order valence-corrected chi connectivity index (χ3v) is 12.3. The zero-order chi connectivity index (χ0) is 37.7. The van der Waals surface area contributed by atoms with E-state index in [9.17, 15) is 29.7 Å². The summed E-state index contributed by atoms with van der Waals surface area (Å²) in [4.78, 5) is 33.7. The van der Waals surface area contributed by atoms with E-state index in [4.69, 9.17) is 0 Å². The van der Waals surface area contributed by atoms with Gasteiger partial charge in [-0.15, -0.1) is 0 Å². The fourth-order valence-electron chi connectivity index (χ4n) is 7.68. The summed E-state index contributed by atoms with van der Waals surface area (Å²) in [5, 5.41) is 33.7. The third-order valence-electron chi connectivity index (χ3n) is 11.3. The summed E-state index contributed by atoms with van der Waals surface area (Å²) in [5.41, 5.74) is -1.78. The van der Waals surface area contributed by atoms with Crippen LogP contribution >= 0.6 is 0 Å². The normalized spacial score (nSPS) is 13.4. The van der Waals surface area contributed by atoms with Crippen molar-refractivity contribution >= 4 is 40.4 Å². The van der Waals surface area contributed by atoms with Crippen LogP contribution in [0.5, 0.6) is 0 Å². The molecule has 0 rings (SSSR count). The first-order valence-corrected chi connectivity index (χ1v) is 21.5. The number of carbonyl (C=O) groups excluding carboxylic acids is 3. The molecular weight excluding hydrogens is 695 g/mol. The zero-order valence-corrected chi connectivity index (χ0v) is 36.3. The van der Waals surface area contributed by atoms with E-state index in [1.54, 1.807) is 22.5 Å². The number of hydrogen-bond donors (Lipinski definition) is 0. The van der Waals surface area contributed by atoms with Gasteiger partial charge in [-0.05, 0) is 75.5 Å². The van der Waals surface area contributed by atoms with Crippen LogP contribution in [0.25, 0.3) is 0 Å². The molecule has 0 aliphatic heterocycles. The first kappa shape index (κ1) is 53.0. The van der Waals surface area contributed by atoms with Gasteiger partial charge in [-0.25, -0.2) is 0 Å². The van der Waals surface area contributed by atoms with E-state index in [1.807, 2.05) is 41.5 Å². The Kier molecular flexibility index (Phi) is 35.2. The molecule has 0 saturated heterocycles. The van der Waals surface area contributed by atoms with Crippen LogP contribution in [0, 0.1) is 34.0 Å². The molecule has 278 valence electrons. The quantitative estimate of drug-likeness (QED) is 0.0962. The Labute approximate surface area is 306 Å². The molecule has 0 amide bonds. The standard InChI is InChI=1S/3C12H24O2.C4H9.Sn/c3*1-5-9-10(6-2)12(7-3,8-4)11(13)14;1-3-4-2;/h3*10H,5-9H2,1-4H3,(H,13,14);1,3-4H2,2H3;/q;;;;+3/p-3. The molecule has 0 aromatic heterocycles. The molecule has 0 aliphatic carbocycles. The van der Waals surface area contributed by atoms with Crippen LogP contribution in [0.2, 0.25) is 4.44 Å². The van der Waals surface area contributed by atoms with Crippen molar-refractivity contribution in [2.24, 2.45) is 34.0 Å². The summed E-state index contributed by atoms with van der Waals surface area (Å²) >= 11 is 1.68. The van der Waals surface area contributed by atoms with E-state index in [1.165, 1.54) is 17.3 Å². The SMILES string of the molecule is CCCC(CC)C(CC)(CC)C(=O)[O-].CCCC(CC)C(CC)(CC)C(=O)[O-].CCCC(CC)C(CC)(CC)C(=O)[O-].CCC[CH2][Sn+3]. The van der Waals surface area contributed by atoms with E-state index >= 15 is 0 Å². The maximum atomic E-state index is 11.2. The van der Waals surface area contributed by atoms with Crippen LogP contribution in [0.15, 0.2) is 0 Å². The summed E-state index contributed by atoms with van der Waals surface area (Å²) in [6, 6.07) is 0. The first-order chi connectivity index (χ1) is 22.2. The number of aliphatic carboxylic acids is 3. The van der Waals surface area contributed by atoms with Crippen molar-refractivity contribution in [2.75, 3.05) is 0 Å². The van der Waals surface area contributed by atoms with Gasteiger partial charge in [-0.2, -0.15) is 0 Å². The van der Waals surface area contributed by atoms with Gasteiger partial charge in [0.05, 0.1) is 0 Å². The Balaban J connectivity index is -0.000000275. The molecule has 0 spiro atoms. The van der Waals surface area contributed by atoms with Crippen LogP contribution in [0.4, 0.5) is 0 Å². The van der Waals surface area contributed by atoms with Crippen molar-refractivity contribution in [2.45, 2.75) is 204 Å². The van der Waals surface area contributed by atoms with Crippen molar-refractivity contribution in [1.82, 2.24) is 0 Å². The molecule has 0 aromatic carbocycles. The number of hydrogen-bond acceptors (Lipinski definition) is 6. The second-order valence-corrected chi connectivity index (χ2v) is 14.7. The van der Waals surface area contributed by atoms with Gasteiger partial charge in [0.1, 0.15) is 0 Å². The molecule has 3 unspecified atom stereocenters. The molecule has 6 nitrogen and oxygen atoms in total. The minimum absolute atomic E-state index is 0.271. The summed E-state index contributed by atoms with van der Waals surface area (Å²) in [7, 11) is 0. The Hall–Kier alpha value is -0.791. The summed E-state index contributed by atoms with van der Waals surface area (Å²) in [5.74, 6) is -1.76. The second kappa shape index (κ2) is 31.2. The van der Waals surface area contributed by atoms with Gasteiger partial charge in [0.15, 0.2) is 0 Å². The van der Waals surface area contributed by atoms with E-state index in [0.717, 1.165) is 57.8 Å². The molecule has 47 heavy (non-hydrogen) atoms. The van der Waals surface area contributed by atoms with Crippen molar-refractivity contribution in [3.63, 3.8) is 0 Å². The molecule has 7 heteroatoms. The average molecular weight is 774 g/mol. The topological polar surface area (TPSA) is 120 Å². The third kappa shape index (κ3) is 17.1. The second-order valence-electron chi connectivity index (χ2n) is 13.2. The monoisotopic (exact) mass is 774 g/mol. The molecule has 0 aromatic rings. The summed E-state index contributed by atoms with van der Waals surface area (Å²) in [6.45, 7) is 26.5. The Bertz CT molecular complexity index is 659. The van der Waals surface area contributed by atoms with Crippen LogP contribution in [-0.4, -0.2) is 40.4 Å². The first-order valence-electron chi connectivity index (χ1n) is 19.5. The number of carbonyl (C=O) groups is 3. The molecule has 0 aliphatic rings. The van der Waals surface area contributed by atoms with Crippen molar-refractivity contribution in [3.8, 4) is 0 Å². The van der Waals surface area contributed by atoms with Gasteiger partial charge in [0.25, 0.3) is 0 Å². The van der Waals surface area contributed by atoms with Gasteiger partial charge < -0.3 is 29.7 Å². The van der Waals surface area contributed by atoms with E-state index in [2.05, 4.69) is 48.5 Å². The molecule has 0 bridgehead atoms. The number of rotatable bonds is 23. The van der Waals surface area contributed by atoms with Crippen molar-refractivity contribution in [3.05, 3.63) is 0 Å². The van der Waals surface area contributed by atoms with Gasteiger partial charge in [0.2, 0.25) is 0 Å². The van der Waals surface area contributed by atoms with Crippen LogP contribution in [0.3, 0.4) is 0 Å². The van der Waals surface area contributed by atoms with Gasteiger partial charge in [0, 0.05) is 34.2 Å². The van der Waals surface area contributed by atoms with Crippen molar-refractivity contribution < 1.29 is 29.7 Å². The predicted octanol–water partition coefficient (Wildman–Crippen LogP) is 8.48. The predicted molar refractivity (Wildman–Crippen MR) is 196 cm³/mol. The number of unbranched alkanes of at least 4 members (excludes halogenated alkanes) is 1. The van der Waals surface area contributed by atoms with Gasteiger partial charge in [-0.1, -0.05) is 122 Å². The Morgan fingerprint density at radius 2 is 0.660 bits per heavy atom. The fourth-order valence-corrected chi connectivity index (χ4v) is 8.69. The summed E-state index contributed by atoms with van der Waals surface area (Å²) in [6.07, 6.45) is 15.8. The average Bonchev–Trinajstić information content (AvgIpc) is 3.06. The molecule has 3 atom stereocenters. The van der Waals surface area contributed by atoms with E-state index in [0.29, 0.717) is 38.5 Å². The molecular formula is C40H78O6Sn. The Morgan fingerprint density at radius 3 is 0.723 bits per heavy atom. The van der Waals surface area contributed by atoms with E-state index < -0.39 is 34.2 Å². The molecule has 0 heterocycles. The minimum atomic E-state index is -0.859. The van der Waals surface area contributed by atoms with Crippen LogP contribution < -0.4 is 15.3 Å². The van der Waals surface area contributed by atoms with Gasteiger partial charge >= 0.3 is 46.7 Å². The van der Waals surface area contributed by atoms with Crippen molar-refractivity contribution in [1.29, 1.82) is 0 Å². The zero-order valence-electron chi connectivity index (χ0n) is 33.4. The number of carboxylic acid groups (broad SMARTS) is 3. The number of carboxylic acids is 3. The summed E-state index contributed by atoms with van der Waals surface area (Å²) < 4.78 is 1.43. The fraction of sp³-hybridized carbons (Fsp3) is 0.925. The van der Waals surface area contributed by atoms with Gasteiger partial charge in [-0.3, -0.25) is 0 Å². The van der Waals surface area contributed by atoms with E-state index in [-0.39, 0.29) is 17.8 Å². The van der Waals surface area contributed by atoms with Crippen LogP contribution in [0.1, 0.15) is 199 Å². The maximum absolute atomic E-state index is 11.2. The van der Waals surface area contributed by atoms with Crippen LogP contribution in [-0.2, 0) is 14.4 Å². The molecule has 0 N–H and O–H groups in total. The molecule has 0 saturated carbocycles. The Morgan fingerprint density at radius 1 is 0.447 bits per heavy atom.